The summed E-state index contributed by atoms with van der Waals surface area (Å²) in [4.78, 5) is 27.4. The largest absolute Gasteiger partial charge is 0.482 e. The van der Waals surface area contributed by atoms with Crippen molar-refractivity contribution >= 4 is 62.5 Å². The van der Waals surface area contributed by atoms with Gasteiger partial charge in [0.1, 0.15) is 11.8 Å². The molecule has 0 radical (unpaired) electrons. The highest BCUT2D eigenvalue weighted by atomic mass is 79.9. The van der Waals surface area contributed by atoms with Crippen molar-refractivity contribution in [2.24, 2.45) is 0 Å². The molecule has 9 heteroatoms. The van der Waals surface area contributed by atoms with Gasteiger partial charge >= 0.3 is 0 Å². The maximum atomic E-state index is 13.2. The first-order valence-corrected chi connectivity index (χ1v) is 11.8. The number of carbonyl (C=O) groups is 2. The lowest BCUT2D eigenvalue weighted by Gasteiger charge is -2.31. The van der Waals surface area contributed by atoms with E-state index in [-0.39, 0.29) is 25.0 Å². The van der Waals surface area contributed by atoms with Crippen LogP contribution in [-0.2, 0) is 16.1 Å². The Morgan fingerprint density at radius 2 is 1.77 bits per heavy atom. The van der Waals surface area contributed by atoms with E-state index in [2.05, 4.69) is 21.2 Å². The van der Waals surface area contributed by atoms with Crippen molar-refractivity contribution in [2.45, 2.75) is 39.3 Å². The van der Waals surface area contributed by atoms with Gasteiger partial charge < -0.3 is 15.0 Å². The molecule has 0 saturated heterocycles. The van der Waals surface area contributed by atoms with E-state index in [0.29, 0.717) is 39.3 Å². The number of nitrogens with one attached hydrogen (secondary N) is 1. The second-order valence-electron chi connectivity index (χ2n) is 6.80. The smallest absolute Gasteiger partial charge is 0.261 e. The van der Waals surface area contributed by atoms with Crippen LogP contribution in [0.5, 0.6) is 5.75 Å². The van der Waals surface area contributed by atoms with Gasteiger partial charge in [0, 0.05) is 33.2 Å². The lowest BCUT2D eigenvalue weighted by Crippen LogP contribution is -2.50. The minimum atomic E-state index is -0.699. The van der Waals surface area contributed by atoms with Crippen LogP contribution in [0.15, 0.2) is 40.9 Å². The maximum Gasteiger partial charge on any atom is 0.261 e. The molecule has 0 spiro atoms. The molecule has 0 aliphatic carbocycles. The summed E-state index contributed by atoms with van der Waals surface area (Å²) in [7, 11) is 0. The minimum Gasteiger partial charge on any atom is -0.482 e. The first-order chi connectivity index (χ1) is 14.8. The first kappa shape index (κ1) is 25.8. The summed E-state index contributed by atoms with van der Waals surface area (Å²) in [5.41, 5.74) is 0.572. The zero-order valence-electron chi connectivity index (χ0n) is 17.3. The molecule has 1 atom stereocenters. The Hall–Kier alpha value is -1.47. The van der Waals surface area contributed by atoms with Gasteiger partial charge in [-0.25, -0.2) is 0 Å². The topological polar surface area (TPSA) is 58.6 Å². The molecule has 2 aromatic carbocycles. The zero-order valence-corrected chi connectivity index (χ0v) is 21.1. The molecular formula is C22H24BrCl3N2O3. The van der Waals surface area contributed by atoms with Crippen molar-refractivity contribution in [3.05, 3.63) is 61.5 Å². The summed E-state index contributed by atoms with van der Waals surface area (Å²) in [6.45, 7) is 4.11. The molecule has 2 amide bonds. The fraction of sp³-hybridized carbons (Fsp3) is 0.364. The Labute approximate surface area is 206 Å². The average molecular weight is 551 g/mol. The van der Waals surface area contributed by atoms with Crippen molar-refractivity contribution in [3.8, 4) is 5.75 Å². The Balaban J connectivity index is 2.28. The quantitative estimate of drug-likeness (QED) is 0.388. The Kier molecular flexibility index (Phi) is 10.4. The fourth-order valence-corrected chi connectivity index (χ4v) is 4.20. The lowest BCUT2D eigenvalue weighted by atomic mass is 10.1. The monoisotopic (exact) mass is 548 g/mol. The van der Waals surface area contributed by atoms with Crippen LogP contribution in [-0.4, -0.2) is 35.9 Å². The molecule has 0 bridgehead atoms. The van der Waals surface area contributed by atoms with E-state index in [9.17, 15) is 9.59 Å². The summed E-state index contributed by atoms with van der Waals surface area (Å²) in [6.07, 6.45) is 1.21. The van der Waals surface area contributed by atoms with Crippen molar-refractivity contribution in [1.29, 1.82) is 0 Å². The van der Waals surface area contributed by atoms with Crippen molar-refractivity contribution in [2.75, 3.05) is 13.2 Å². The molecule has 168 valence electrons. The van der Waals surface area contributed by atoms with E-state index >= 15 is 0 Å². The highest BCUT2D eigenvalue weighted by Gasteiger charge is 2.30. The number of hydrogen-bond acceptors (Lipinski definition) is 3. The first-order valence-electron chi connectivity index (χ1n) is 9.86. The molecule has 0 aliphatic rings. The number of ether oxygens (including phenoxy) is 1. The SMILES string of the molecule is CCCNC(=O)[C@@H](CC)N(Cc1c(Cl)cccc1Cl)C(=O)COc1ccc(Br)cc1Cl. The third-order valence-corrected chi connectivity index (χ3v) is 6.07. The molecule has 0 unspecified atom stereocenters. The second-order valence-corrected chi connectivity index (χ2v) is 8.94. The van der Waals surface area contributed by atoms with E-state index in [4.69, 9.17) is 39.5 Å². The van der Waals surface area contributed by atoms with Gasteiger partial charge in [0.15, 0.2) is 6.61 Å². The van der Waals surface area contributed by atoms with Gasteiger partial charge in [0.25, 0.3) is 5.91 Å². The summed E-state index contributed by atoms with van der Waals surface area (Å²) in [5.74, 6) is -0.242. The molecule has 0 saturated carbocycles. The standard InChI is InChI=1S/C22H24BrCl3N2O3/c1-3-10-27-22(30)19(4-2)28(12-15-16(24)6-5-7-17(15)25)21(29)13-31-20-9-8-14(23)11-18(20)26/h5-9,11,19H,3-4,10,12-13H2,1-2H3,(H,27,30)/t19-/m1/s1. The number of carbonyl (C=O) groups excluding carboxylic acids is 2. The highest BCUT2D eigenvalue weighted by Crippen LogP contribution is 2.29. The van der Waals surface area contributed by atoms with Gasteiger partial charge in [-0.15, -0.1) is 0 Å². The summed E-state index contributed by atoms with van der Waals surface area (Å²) >= 11 is 22.2. The van der Waals surface area contributed by atoms with E-state index in [1.807, 2.05) is 13.8 Å². The summed E-state index contributed by atoms with van der Waals surface area (Å²) in [6, 6.07) is 9.53. The van der Waals surface area contributed by atoms with E-state index < -0.39 is 6.04 Å². The molecule has 0 aliphatic heterocycles. The number of hydrogen-bond donors (Lipinski definition) is 1. The highest BCUT2D eigenvalue weighted by molar-refractivity contribution is 9.10. The Morgan fingerprint density at radius 3 is 2.35 bits per heavy atom. The number of nitrogens with zero attached hydrogens (tertiary/aromatic N) is 1. The molecule has 1 N–H and O–H groups in total. The van der Waals surface area contributed by atoms with Crippen LogP contribution in [0.2, 0.25) is 15.1 Å². The van der Waals surface area contributed by atoms with Crippen LogP contribution in [0, 0.1) is 0 Å². The van der Waals surface area contributed by atoms with E-state index in [1.165, 1.54) is 4.90 Å². The molecule has 2 rings (SSSR count). The van der Waals surface area contributed by atoms with E-state index in [1.54, 1.807) is 36.4 Å². The third-order valence-electron chi connectivity index (χ3n) is 4.57. The number of benzene rings is 2. The van der Waals surface area contributed by atoms with Crippen molar-refractivity contribution in [3.63, 3.8) is 0 Å². The maximum absolute atomic E-state index is 13.2. The van der Waals surface area contributed by atoms with Crippen LogP contribution in [0.3, 0.4) is 0 Å². The molecule has 31 heavy (non-hydrogen) atoms. The molecule has 0 aromatic heterocycles. The molecule has 5 nitrogen and oxygen atoms in total. The molecule has 0 heterocycles. The predicted octanol–water partition coefficient (Wildman–Crippen LogP) is 6.12. The van der Waals surface area contributed by atoms with Crippen molar-refractivity contribution in [1.82, 2.24) is 10.2 Å². The van der Waals surface area contributed by atoms with Gasteiger partial charge in [0.05, 0.1) is 5.02 Å². The summed E-state index contributed by atoms with van der Waals surface area (Å²) < 4.78 is 6.44. The van der Waals surface area contributed by atoms with Crippen LogP contribution < -0.4 is 10.1 Å². The molecular weight excluding hydrogens is 527 g/mol. The van der Waals surface area contributed by atoms with Crippen LogP contribution in [0.1, 0.15) is 32.3 Å². The number of halogens is 4. The van der Waals surface area contributed by atoms with Gasteiger partial charge in [-0.2, -0.15) is 0 Å². The Bertz CT molecular complexity index is 907. The Morgan fingerprint density at radius 1 is 1.10 bits per heavy atom. The van der Waals surface area contributed by atoms with Crippen LogP contribution in [0.4, 0.5) is 0 Å². The van der Waals surface area contributed by atoms with Crippen LogP contribution in [0.25, 0.3) is 0 Å². The second kappa shape index (κ2) is 12.5. The third kappa shape index (κ3) is 7.28. The normalized spacial score (nSPS) is 11.7. The van der Waals surface area contributed by atoms with Gasteiger partial charge in [-0.1, -0.05) is 70.6 Å². The zero-order chi connectivity index (χ0) is 23.0. The minimum absolute atomic E-state index is 0.0762. The van der Waals surface area contributed by atoms with Gasteiger partial charge in [-0.3, -0.25) is 9.59 Å². The van der Waals surface area contributed by atoms with Gasteiger partial charge in [-0.05, 0) is 43.2 Å². The number of amides is 2. The van der Waals surface area contributed by atoms with Crippen molar-refractivity contribution < 1.29 is 14.3 Å². The van der Waals surface area contributed by atoms with Crippen LogP contribution >= 0.6 is 50.7 Å². The predicted molar refractivity (Wildman–Crippen MR) is 129 cm³/mol. The fourth-order valence-electron chi connectivity index (χ4n) is 2.95. The van der Waals surface area contributed by atoms with E-state index in [0.717, 1.165) is 10.9 Å². The molecule has 2 aromatic rings. The average Bonchev–Trinajstić information content (AvgIpc) is 2.73. The molecule has 0 fully saturated rings. The number of rotatable bonds is 10. The lowest BCUT2D eigenvalue weighted by molar-refractivity contribution is -0.143. The summed E-state index contributed by atoms with van der Waals surface area (Å²) in [5, 5.41) is 4.07. The van der Waals surface area contributed by atoms with Gasteiger partial charge in [0.2, 0.25) is 5.91 Å².